The van der Waals surface area contributed by atoms with Gasteiger partial charge in [-0.15, -0.1) is 0 Å². The van der Waals surface area contributed by atoms with Gasteiger partial charge >= 0.3 is 6.03 Å². The van der Waals surface area contributed by atoms with Crippen LogP contribution in [0, 0.1) is 5.82 Å². The number of carbonyl (C=O) groups excluding carboxylic acids is 1. The van der Waals surface area contributed by atoms with Gasteiger partial charge in [-0.2, -0.15) is 4.99 Å². The van der Waals surface area contributed by atoms with Gasteiger partial charge < -0.3 is 10.6 Å². The van der Waals surface area contributed by atoms with Crippen molar-refractivity contribution in [3.63, 3.8) is 0 Å². The third-order valence-electron chi connectivity index (χ3n) is 3.86. The van der Waals surface area contributed by atoms with Crippen molar-refractivity contribution in [3.8, 4) is 0 Å². The second-order valence-electron chi connectivity index (χ2n) is 5.46. The van der Waals surface area contributed by atoms with Gasteiger partial charge in [0.25, 0.3) is 0 Å². The number of urea groups is 1. The van der Waals surface area contributed by atoms with Gasteiger partial charge in [-0.1, -0.05) is 12.1 Å². The Balaban J connectivity index is 1.92. The van der Waals surface area contributed by atoms with Gasteiger partial charge in [0.1, 0.15) is 17.2 Å². The summed E-state index contributed by atoms with van der Waals surface area (Å²) >= 11 is 0. The van der Waals surface area contributed by atoms with E-state index in [1.54, 1.807) is 11.0 Å². The van der Waals surface area contributed by atoms with Crippen LogP contribution in [0.4, 0.5) is 9.18 Å². The molecule has 1 fully saturated rings. The summed E-state index contributed by atoms with van der Waals surface area (Å²) in [6.45, 7) is 1.90. The highest BCUT2D eigenvalue weighted by Gasteiger charge is 2.50. The molecule has 0 bridgehead atoms. The molecule has 100 valence electrons. The van der Waals surface area contributed by atoms with Crippen molar-refractivity contribution in [1.82, 2.24) is 4.90 Å². The van der Waals surface area contributed by atoms with Crippen LogP contribution in [0.15, 0.2) is 29.3 Å². The van der Waals surface area contributed by atoms with E-state index in [0.29, 0.717) is 12.3 Å². The zero-order valence-electron chi connectivity index (χ0n) is 10.8. The lowest BCUT2D eigenvalue weighted by Gasteiger charge is -2.35. The smallest absolute Gasteiger partial charge is 0.346 e. The first-order valence-corrected chi connectivity index (χ1v) is 6.43. The van der Waals surface area contributed by atoms with Gasteiger partial charge in [-0.05, 0) is 37.5 Å². The Morgan fingerprint density at radius 3 is 2.89 bits per heavy atom. The van der Waals surface area contributed by atoms with Gasteiger partial charge in [-0.25, -0.2) is 9.18 Å². The van der Waals surface area contributed by atoms with E-state index in [2.05, 4.69) is 4.99 Å². The van der Waals surface area contributed by atoms with Crippen molar-refractivity contribution in [2.75, 3.05) is 0 Å². The van der Waals surface area contributed by atoms with Crippen LogP contribution in [0.5, 0.6) is 0 Å². The molecule has 0 saturated heterocycles. The Bertz CT molecular complexity index is 568. The molecule has 1 aromatic carbocycles. The fourth-order valence-corrected chi connectivity index (χ4v) is 2.72. The molecule has 19 heavy (non-hydrogen) atoms. The van der Waals surface area contributed by atoms with E-state index in [0.717, 1.165) is 18.4 Å². The Kier molecular flexibility index (Phi) is 2.59. The number of benzene rings is 1. The van der Waals surface area contributed by atoms with E-state index in [1.807, 2.05) is 13.0 Å². The highest BCUT2D eigenvalue weighted by atomic mass is 19.1. The summed E-state index contributed by atoms with van der Waals surface area (Å²) in [5, 5.41) is 0. The highest BCUT2D eigenvalue weighted by Crippen LogP contribution is 2.38. The van der Waals surface area contributed by atoms with Crippen molar-refractivity contribution < 1.29 is 9.18 Å². The molecule has 2 N–H and O–H groups in total. The zero-order chi connectivity index (χ0) is 13.6. The quantitative estimate of drug-likeness (QED) is 0.905. The van der Waals surface area contributed by atoms with E-state index in [-0.39, 0.29) is 17.9 Å². The van der Waals surface area contributed by atoms with Gasteiger partial charge in [-0.3, -0.25) is 0 Å². The van der Waals surface area contributed by atoms with Crippen LogP contribution in [0.2, 0.25) is 0 Å². The lowest BCUT2D eigenvalue weighted by molar-refractivity contribution is 0.173. The van der Waals surface area contributed by atoms with Crippen LogP contribution in [-0.4, -0.2) is 28.3 Å². The lowest BCUT2D eigenvalue weighted by atomic mass is 9.90. The summed E-state index contributed by atoms with van der Waals surface area (Å²) in [5.74, 6) is 0.0487. The molecule has 1 aromatic rings. The Labute approximate surface area is 111 Å². The minimum atomic E-state index is -0.633. The maximum absolute atomic E-state index is 13.3. The molecule has 1 heterocycles. The highest BCUT2D eigenvalue weighted by molar-refractivity contribution is 6.06. The number of amidine groups is 1. The van der Waals surface area contributed by atoms with Gasteiger partial charge in [0, 0.05) is 12.5 Å². The molecule has 1 saturated carbocycles. The van der Waals surface area contributed by atoms with Crippen LogP contribution in [0.3, 0.4) is 0 Å². The summed E-state index contributed by atoms with van der Waals surface area (Å²) in [7, 11) is 0. The fraction of sp³-hybridized carbons (Fsp3) is 0.429. The molecule has 0 aromatic heterocycles. The zero-order valence-corrected chi connectivity index (χ0v) is 10.8. The molecule has 2 aliphatic rings. The number of halogens is 1. The predicted octanol–water partition coefficient (Wildman–Crippen LogP) is 2.08. The first kappa shape index (κ1) is 12.1. The van der Waals surface area contributed by atoms with Crippen molar-refractivity contribution in [1.29, 1.82) is 0 Å². The average Bonchev–Trinajstić information content (AvgIpc) is 3.09. The Morgan fingerprint density at radius 2 is 2.26 bits per heavy atom. The molecule has 0 radical (unpaired) electrons. The van der Waals surface area contributed by atoms with Crippen LogP contribution in [0.1, 0.15) is 25.3 Å². The monoisotopic (exact) mass is 261 g/mol. The molecular weight excluding hydrogens is 245 g/mol. The number of hydrogen-bond donors (Lipinski definition) is 1. The molecular formula is C14H16FN3O. The third kappa shape index (κ3) is 1.99. The summed E-state index contributed by atoms with van der Waals surface area (Å²) in [6, 6.07) is 6.36. The number of aliphatic imine (C=N–C) groups is 1. The van der Waals surface area contributed by atoms with E-state index >= 15 is 0 Å². The Morgan fingerprint density at radius 1 is 1.53 bits per heavy atom. The van der Waals surface area contributed by atoms with Crippen molar-refractivity contribution in [3.05, 3.63) is 35.6 Å². The molecule has 1 aliphatic heterocycles. The number of carbonyl (C=O) groups is 1. The predicted molar refractivity (Wildman–Crippen MR) is 70.4 cm³/mol. The average molecular weight is 261 g/mol. The van der Waals surface area contributed by atoms with Crippen molar-refractivity contribution in [2.45, 2.75) is 37.8 Å². The molecule has 1 aliphatic carbocycles. The normalized spacial score (nSPS) is 26.7. The SMILES string of the molecule is CC1(Cc2cccc(F)c2)C(N)=NC(=O)N1C1CC1. The molecule has 1 unspecified atom stereocenters. The fourth-order valence-electron chi connectivity index (χ4n) is 2.72. The maximum atomic E-state index is 13.3. The molecule has 5 heteroatoms. The number of nitrogens with two attached hydrogens (primary N) is 1. The van der Waals surface area contributed by atoms with Crippen LogP contribution in [0.25, 0.3) is 0 Å². The molecule has 0 spiro atoms. The van der Waals surface area contributed by atoms with Gasteiger partial charge in [0.05, 0.1) is 0 Å². The Hall–Kier alpha value is -1.91. The first-order chi connectivity index (χ1) is 9.00. The van der Waals surface area contributed by atoms with E-state index in [4.69, 9.17) is 5.73 Å². The maximum Gasteiger partial charge on any atom is 0.346 e. The summed E-state index contributed by atoms with van der Waals surface area (Å²) in [5.41, 5.74) is 6.13. The minimum Gasteiger partial charge on any atom is -0.385 e. The number of amides is 2. The number of nitrogens with zero attached hydrogens (tertiary/aromatic N) is 2. The standard InChI is InChI=1S/C14H16FN3O/c1-14(8-9-3-2-4-10(15)7-9)12(16)17-13(19)18(14)11-5-6-11/h2-4,7,11H,5-6,8H2,1H3,(H2,16,17,19). The molecule has 4 nitrogen and oxygen atoms in total. The second kappa shape index (κ2) is 4.05. The van der Waals surface area contributed by atoms with E-state index in [1.165, 1.54) is 12.1 Å². The largest absolute Gasteiger partial charge is 0.385 e. The molecule has 2 amide bonds. The van der Waals surface area contributed by atoms with Crippen molar-refractivity contribution in [2.24, 2.45) is 10.7 Å². The van der Waals surface area contributed by atoms with Gasteiger partial charge in [0.2, 0.25) is 0 Å². The topological polar surface area (TPSA) is 58.7 Å². The summed E-state index contributed by atoms with van der Waals surface area (Å²) in [4.78, 5) is 17.6. The molecule has 1 atom stereocenters. The van der Waals surface area contributed by atoms with Crippen LogP contribution < -0.4 is 5.73 Å². The van der Waals surface area contributed by atoms with Gasteiger partial charge in [0.15, 0.2) is 0 Å². The summed E-state index contributed by atoms with van der Waals surface area (Å²) < 4.78 is 13.3. The van der Waals surface area contributed by atoms with Crippen LogP contribution >= 0.6 is 0 Å². The summed E-state index contributed by atoms with van der Waals surface area (Å²) in [6.07, 6.45) is 2.48. The van der Waals surface area contributed by atoms with Crippen molar-refractivity contribution >= 4 is 11.9 Å². The third-order valence-corrected chi connectivity index (χ3v) is 3.86. The minimum absolute atomic E-state index is 0.232. The van der Waals surface area contributed by atoms with E-state index < -0.39 is 5.54 Å². The van der Waals surface area contributed by atoms with Crippen LogP contribution in [-0.2, 0) is 6.42 Å². The molecule has 3 rings (SSSR count). The first-order valence-electron chi connectivity index (χ1n) is 6.43. The second-order valence-corrected chi connectivity index (χ2v) is 5.46. The number of rotatable bonds is 3. The number of hydrogen-bond acceptors (Lipinski definition) is 2. The lowest BCUT2D eigenvalue weighted by Crippen LogP contribution is -2.54. The van der Waals surface area contributed by atoms with E-state index in [9.17, 15) is 9.18 Å².